The van der Waals surface area contributed by atoms with Gasteiger partial charge in [-0.2, -0.15) is 0 Å². The van der Waals surface area contributed by atoms with E-state index in [1.54, 1.807) is 12.1 Å². The van der Waals surface area contributed by atoms with Crippen LogP contribution in [0.4, 0.5) is 4.39 Å². The molecule has 0 fully saturated rings. The minimum absolute atomic E-state index is 0.214. The number of halogens is 1. The van der Waals surface area contributed by atoms with E-state index in [1.165, 1.54) is 19.2 Å². The first-order chi connectivity index (χ1) is 10.6. The van der Waals surface area contributed by atoms with Gasteiger partial charge >= 0.3 is 5.97 Å². The lowest BCUT2D eigenvalue weighted by atomic mass is 10.2. The predicted octanol–water partition coefficient (Wildman–Crippen LogP) is 2.77. The van der Waals surface area contributed by atoms with Crippen molar-refractivity contribution in [3.05, 3.63) is 35.8 Å². The molecule has 0 aliphatic heterocycles. The van der Waals surface area contributed by atoms with Crippen LogP contribution in [0.5, 0.6) is 0 Å². The molecule has 6 heteroatoms. The van der Waals surface area contributed by atoms with E-state index in [2.05, 4.69) is 15.0 Å². The summed E-state index contributed by atoms with van der Waals surface area (Å²) in [5, 5.41) is 3.47. The fourth-order valence-corrected chi connectivity index (χ4v) is 2.20. The maximum Gasteiger partial charge on any atom is 0.305 e. The molecule has 1 amide bonds. The van der Waals surface area contributed by atoms with Crippen molar-refractivity contribution in [3.8, 4) is 0 Å². The molecule has 0 spiro atoms. The number of H-pyrrole nitrogens is 1. The van der Waals surface area contributed by atoms with Crippen molar-refractivity contribution >= 4 is 22.8 Å². The van der Waals surface area contributed by atoms with Gasteiger partial charge in [-0.05, 0) is 37.1 Å². The number of methoxy groups -OCH3 is 1. The largest absolute Gasteiger partial charge is 0.469 e. The number of carbonyl (C=O) groups excluding carboxylic acids is 2. The van der Waals surface area contributed by atoms with E-state index in [4.69, 9.17) is 0 Å². The molecule has 2 N–H and O–H groups in total. The van der Waals surface area contributed by atoms with Crippen LogP contribution in [0.15, 0.2) is 24.3 Å². The summed E-state index contributed by atoms with van der Waals surface area (Å²) in [7, 11) is 1.37. The van der Waals surface area contributed by atoms with Gasteiger partial charge in [0.05, 0.1) is 7.11 Å². The van der Waals surface area contributed by atoms with Gasteiger partial charge in [-0.3, -0.25) is 9.59 Å². The zero-order valence-electron chi connectivity index (χ0n) is 12.4. The van der Waals surface area contributed by atoms with Gasteiger partial charge in [0.25, 0.3) is 5.91 Å². The second-order valence-electron chi connectivity index (χ2n) is 5.06. The highest BCUT2D eigenvalue weighted by Gasteiger charge is 2.09. The zero-order chi connectivity index (χ0) is 15.9. The van der Waals surface area contributed by atoms with E-state index in [1.807, 2.05) is 0 Å². The number of unbranched alkanes of at least 4 members (excludes halogenated alkanes) is 2. The number of hydrogen-bond acceptors (Lipinski definition) is 3. The number of amides is 1. The minimum atomic E-state index is -0.330. The predicted molar refractivity (Wildman–Crippen MR) is 81.1 cm³/mol. The Bertz CT molecular complexity index is 666. The Kier molecular flexibility index (Phi) is 5.52. The molecule has 0 radical (unpaired) electrons. The molecule has 0 saturated heterocycles. The molecule has 0 atom stereocenters. The summed E-state index contributed by atoms with van der Waals surface area (Å²) in [5.74, 6) is -0.761. The fraction of sp³-hybridized carbons (Fsp3) is 0.375. The smallest absolute Gasteiger partial charge is 0.305 e. The first kappa shape index (κ1) is 16.0. The molecule has 2 rings (SSSR count). The van der Waals surface area contributed by atoms with Crippen LogP contribution in [-0.2, 0) is 9.53 Å². The third-order valence-electron chi connectivity index (χ3n) is 3.40. The monoisotopic (exact) mass is 306 g/mol. The molecule has 22 heavy (non-hydrogen) atoms. The van der Waals surface area contributed by atoms with Crippen LogP contribution >= 0.6 is 0 Å². The van der Waals surface area contributed by atoms with Gasteiger partial charge in [0.2, 0.25) is 0 Å². The molecule has 1 aromatic carbocycles. The molecular formula is C16H19FN2O3. The third-order valence-corrected chi connectivity index (χ3v) is 3.40. The Labute approximate surface area is 127 Å². The number of hydrogen-bond donors (Lipinski definition) is 2. The highest BCUT2D eigenvalue weighted by Crippen LogP contribution is 2.16. The molecule has 2 aromatic rings. The van der Waals surface area contributed by atoms with E-state index in [9.17, 15) is 14.0 Å². The molecular weight excluding hydrogens is 287 g/mol. The highest BCUT2D eigenvalue weighted by atomic mass is 19.1. The average molecular weight is 306 g/mol. The SMILES string of the molecule is COC(=O)CCCCCNC(=O)c1cc2cc(F)ccc2[nH]1. The van der Waals surface area contributed by atoms with Gasteiger partial charge in [-0.1, -0.05) is 6.42 Å². The molecule has 0 aliphatic carbocycles. The van der Waals surface area contributed by atoms with Gasteiger partial charge < -0.3 is 15.0 Å². The molecule has 0 bridgehead atoms. The highest BCUT2D eigenvalue weighted by molar-refractivity contribution is 5.97. The van der Waals surface area contributed by atoms with Crippen LogP contribution in [-0.4, -0.2) is 30.5 Å². The Hall–Kier alpha value is -2.37. The maximum absolute atomic E-state index is 13.1. The molecule has 1 aromatic heterocycles. The van der Waals surface area contributed by atoms with E-state index in [0.29, 0.717) is 24.0 Å². The van der Waals surface area contributed by atoms with Gasteiger partial charge in [0, 0.05) is 23.9 Å². The average Bonchev–Trinajstić information content (AvgIpc) is 2.93. The Morgan fingerprint density at radius 3 is 2.82 bits per heavy atom. The lowest BCUT2D eigenvalue weighted by Crippen LogP contribution is -2.24. The molecule has 0 aliphatic rings. The van der Waals surface area contributed by atoms with E-state index < -0.39 is 0 Å². The fourth-order valence-electron chi connectivity index (χ4n) is 2.20. The summed E-state index contributed by atoms with van der Waals surface area (Å²) in [6, 6.07) is 5.97. The number of aromatic nitrogens is 1. The van der Waals surface area contributed by atoms with Crippen LogP contribution in [0.2, 0.25) is 0 Å². The van der Waals surface area contributed by atoms with Crippen LogP contribution in [0.1, 0.15) is 36.2 Å². The first-order valence-electron chi connectivity index (χ1n) is 7.23. The van der Waals surface area contributed by atoms with Crippen LogP contribution in [0.25, 0.3) is 10.9 Å². The van der Waals surface area contributed by atoms with Crippen molar-refractivity contribution in [2.45, 2.75) is 25.7 Å². The second-order valence-corrected chi connectivity index (χ2v) is 5.06. The molecule has 1 heterocycles. The topological polar surface area (TPSA) is 71.2 Å². The number of fused-ring (bicyclic) bond motifs is 1. The normalized spacial score (nSPS) is 10.6. The van der Waals surface area contributed by atoms with E-state index in [-0.39, 0.29) is 17.7 Å². The number of nitrogens with one attached hydrogen (secondary N) is 2. The number of aromatic amines is 1. The van der Waals surface area contributed by atoms with Crippen molar-refractivity contribution in [1.82, 2.24) is 10.3 Å². The minimum Gasteiger partial charge on any atom is -0.469 e. The van der Waals surface area contributed by atoms with Gasteiger partial charge in [0.1, 0.15) is 11.5 Å². The molecule has 5 nitrogen and oxygen atoms in total. The van der Waals surface area contributed by atoms with Crippen LogP contribution in [0, 0.1) is 5.82 Å². The van der Waals surface area contributed by atoms with E-state index >= 15 is 0 Å². The number of carbonyl (C=O) groups is 2. The molecule has 118 valence electrons. The van der Waals surface area contributed by atoms with Crippen molar-refractivity contribution in [2.75, 3.05) is 13.7 Å². The van der Waals surface area contributed by atoms with Crippen LogP contribution < -0.4 is 5.32 Å². The van der Waals surface area contributed by atoms with Gasteiger partial charge in [-0.15, -0.1) is 0 Å². The zero-order valence-corrected chi connectivity index (χ0v) is 12.4. The van der Waals surface area contributed by atoms with Gasteiger partial charge in [0.15, 0.2) is 0 Å². The lowest BCUT2D eigenvalue weighted by molar-refractivity contribution is -0.140. The summed E-state index contributed by atoms with van der Waals surface area (Å²) in [6.45, 7) is 0.531. The Morgan fingerprint density at radius 2 is 2.05 bits per heavy atom. The Morgan fingerprint density at radius 1 is 1.23 bits per heavy atom. The molecule has 0 saturated carbocycles. The van der Waals surface area contributed by atoms with Crippen molar-refractivity contribution in [3.63, 3.8) is 0 Å². The quantitative estimate of drug-likeness (QED) is 0.610. The summed E-state index contributed by atoms with van der Waals surface area (Å²) >= 11 is 0. The summed E-state index contributed by atoms with van der Waals surface area (Å²) in [4.78, 5) is 25.9. The summed E-state index contributed by atoms with van der Waals surface area (Å²) in [6.07, 6.45) is 2.77. The van der Waals surface area contributed by atoms with Gasteiger partial charge in [-0.25, -0.2) is 4.39 Å². The summed E-state index contributed by atoms with van der Waals surface area (Å²) < 4.78 is 17.7. The number of esters is 1. The number of rotatable bonds is 7. The standard InChI is InChI=1S/C16H19FN2O3/c1-22-15(20)5-3-2-4-8-18-16(21)14-10-11-9-12(17)6-7-13(11)19-14/h6-7,9-10,19H,2-5,8H2,1H3,(H,18,21). The molecule has 0 unspecified atom stereocenters. The van der Waals surface area contributed by atoms with E-state index in [0.717, 1.165) is 24.8 Å². The summed E-state index contributed by atoms with van der Waals surface area (Å²) in [5.41, 5.74) is 1.14. The lowest BCUT2D eigenvalue weighted by Gasteiger charge is -2.03. The third kappa shape index (κ3) is 4.31. The maximum atomic E-state index is 13.1. The second kappa shape index (κ2) is 7.59. The number of benzene rings is 1. The van der Waals surface area contributed by atoms with Crippen molar-refractivity contribution in [1.29, 1.82) is 0 Å². The van der Waals surface area contributed by atoms with Crippen LogP contribution in [0.3, 0.4) is 0 Å². The van der Waals surface area contributed by atoms with Crippen molar-refractivity contribution < 1.29 is 18.7 Å². The first-order valence-corrected chi connectivity index (χ1v) is 7.23. The number of ether oxygens (including phenoxy) is 1. The van der Waals surface area contributed by atoms with Crippen molar-refractivity contribution in [2.24, 2.45) is 0 Å². The Balaban J connectivity index is 1.75.